The van der Waals surface area contributed by atoms with E-state index in [2.05, 4.69) is 5.32 Å². The minimum Gasteiger partial charge on any atom is -0.481 e. The minimum atomic E-state index is -1.07. The lowest BCUT2D eigenvalue weighted by molar-refractivity contribution is -0.148. The second kappa shape index (κ2) is 7.53. The highest BCUT2D eigenvalue weighted by Gasteiger charge is 2.47. The summed E-state index contributed by atoms with van der Waals surface area (Å²) < 4.78 is 4.92. The summed E-state index contributed by atoms with van der Waals surface area (Å²) >= 11 is 0. The van der Waals surface area contributed by atoms with Gasteiger partial charge in [0.25, 0.3) is 0 Å². The summed E-state index contributed by atoms with van der Waals surface area (Å²) in [4.78, 5) is 24.0. The molecule has 0 amide bonds. The Morgan fingerprint density at radius 3 is 1.93 bits per heavy atom. The molecule has 3 aromatic rings. The molecule has 146 valence electrons. The number of carboxylic acid groups (broad SMARTS) is 1. The van der Waals surface area contributed by atoms with E-state index in [4.69, 9.17) is 4.74 Å². The zero-order chi connectivity index (χ0) is 20.4. The molecule has 0 unspecified atom stereocenters. The quantitative estimate of drug-likeness (QED) is 0.633. The lowest BCUT2D eigenvalue weighted by Gasteiger charge is -2.36. The molecule has 0 saturated heterocycles. The van der Waals surface area contributed by atoms with Crippen molar-refractivity contribution in [3.05, 3.63) is 95.6 Å². The normalized spacial score (nSPS) is 14.5. The molecule has 0 radical (unpaired) electrons. The van der Waals surface area contributed by atoms with E-state index in [9.17, 15) is 14.7 Å². The van der Waals surface area contributed by atoms with E-state index in [1.54, 1.807) is 0 Å². The van der Waals surface area contributed by atoms with Crippen molar-refractivity contribution in [1.82, 2.24) is 5.32 Å². The highest BCUT2D eigenvalue weighted by atomic mass is 16.5. The van der Waals surface area contributed by atoms with Crippen LogP contribution in [-0.4, -0.2) is 30.2 Å². The number of esters is 1. The number of hydrogen-bond acceptors (Lipinski definition) is 4. The van der Waals surface area contributed by atoms with Crippen LogP contribution in [0.4, 0.5) is 0 Å². The average molecular weight is 387 g/mol. The van der Waals surface area contributed by atoms with Crippen LogP contribution in [0.25, 0.3) is 11.1 Å². The summed E-state index contributed by atoms with van der Waals surface area (Å²) in [6.07, 6.45) is -0.383. The van der Waals surface area contributed by atoms with Crippen molar-refractivity contribution in [3.8, 4) is 11.1 Å². The Morgan fingerprint density at radius 2 is 1.41 bits per heavy atom. The number of nitrogens with one attached hydrogen (secondary N) is 1. The van der Waals surface area contributed by atoms with Crippen LogP contribution in [-0.2, 0) is 19.9 Å². The number of ether oxygens (including phenoxy) is 1. The smallest absolute Gasteiger partial charge is 0.323 e. The van der Waals surface area contributed by atoms with Crippen LogP contribution in [0, 0.1) is 0 Å². The van der Waals surface area contributed by atoms with E-state index >= 15 is 0 Å². The molecular formula is C24H21NO4. The number of fused-ring (bicyclic) bond motifs is 3. The predicted molar refractivity (Wildman–Crippen MR) is 109 cm³/mol. The largest absolute Gasteiger partial charge is 0.481 e. The maximum atomic E-state index is 12.5. The maximum Gasteiger partial charge on any atom is 0.323 e. The molecule has 0 spiro atoms. The van der Waals surface area contributed by atoms with Crippen molar-refractivity contribution >= 4 is 11.9 Å². The Hall–Kier alpha value is -3.44. The van der Waals surface area contributed by atoms with Crippen LogP contribution < -0.4 is 5.32 Å². The summed E-state index contributed by atoms with van der Waals surface area (Å²) in [5, 5.41) is 12.8. The van der Waals surface area contributed by atoms with Gasteiger partial charge < -0.3 is 9.84 Å². The zero-order valence-corrected chi connectivity index (χ0v) is 16.0. The standard InChI is InChI=1S/C24H21NO4/c1-29-23(28)21(15-22(26)27)25-24(16-9-3-2-4-10-16)19-13-7-5-11-17(19)18-12-6-8-14-20(18)24/h2-14,21,25H,15H2,1H3,(H,26,27)/t21-/m0/s1. The van der Waals surface area contributed by atoms with Gasteiger partial charge in [-0.05, 0) is 27.8 Å². The molecule has 4 rings (SSSR count). The van der Waals surface area contributed by atoms with Gasteiger partial charge in [0, 0.05) is 0 Å². The minimum absolute atomic E-state index is 0.383. The van der Waals surface area contributed by atoms with E-state index in [-0.39, 0.29) is 6.42 Å². The van der Waals surface area contributed by atoms with Crippen molar-refractivity contribution in [1.29, 1.82) is 0 Å². The van der Waals surface area contributed by atoms with Crippen LogP contribution >= 0.6 is 0 Å². The number of carboxylic acids is 1. The van der Waals surface area contributed by atoms with Crippen LogP contribution in [0.3, 0.4) is 0 Å². The highest BCUT2D eigenvalue weighted by Crippen LogP contribution is 2.51. The average Bonchev–Trinajstić information content (AvgIpc) is 3.04. The molecule has 0 aliphatic heterocycles. The van der Waals surface area contributed by atoms with Gasteiger partial charge in [0.05, 0.1) is 19.1 Å². The predicted octanol–water partition coefficient (Wildman–Crippen LogP) is 3.56. The van der Waals surface area contributed by atoms with Crippen molar-refractivity contribution in [2.75, 3.05) is 7.11 Å². The zero-order valence-electron chi connectivity index (χ0n) is 16.0. The number of rotatable bonds is 6. The van der Waals surface area contributed by atoms with E-state index in [0.29, 0.717) is 0 Å². The van der Waals surface area contributed by atoms with Crippen molar-refractivity contribution in [2.24, 2.45) is 0 Å². The Bertz CT molecular complexity index is 1020. The molecule has 0 heterocycles. The summed E-state index contributed by atoms with van der Waals surface area (Å²) in [5.41, 5.74) is 4.12. The molecule has 1 aliphatic carbocycles. The number of methoxy groups -OCH3 is 1. The Balaban J connectivity index is 1.99. The first-order valence-electron chi connectivity index (χ1n) is 9.40. The van der Waals surface area contributed by atoms with Gasteiger partial charge in [-0.1, -0.05) is 78.9 Å². The van der Waals surface area contributed by atoms with Gasteiger partial charge >= 0.3 is 11.9 Å². The molecule has 5 heteroatoms. The van der Waals surface area contributed by atoms with Gasteiger partial charge in [-0.15, -0.1) is 0 Å². The molecule has 3 aromatic carbocycles. The Labute approximate surface area is 169 Å². The first kappa shape index (κ1) is 18.9. The van der Waals surface area contributed by atoms with Crippen LogP contribution in [0.15, 0.2) is 78.9 Å². The topological polar surface area (TPSA) is 75.6 Å². The molecule has 0 fully saturated rings. The van der Waals surface area contributed by atoms with Crippen molar-refractivity contribution in [2.45, 2.75) is 18.0 Å². The van der Waals surface area contributed by atoms with Crippen molar-refractivity contribution < 1.29 is 19.4 Å². The fourth-order valence-electron chi connectivity index (χ4n) is 4.24. The molecule has 1 atom stereocenters. The third kappa shape index (κ3) is 3.09. The molecule has 0 saturated carbocycles. The van der Waals surface area contributed by atoms with Crippen LogP contribution in [0.1, 0.15) is 23.1 Å². The van der Waals surface area contributed by atoms with Crippen LogP contribution in [0.5, 0.6) is 0 Å². The summed E-state index contributed by atoms with van der Waals surface area (Å²) in [6, 6.07) is 24.8. The molecular weight excluding hydrogens is 366 g/mol. The van der Waals surface area contributed by atoms with Gasteiger partial charge in [-0.3, -0.25) is 14.9 Å². The second-order valence-electron chi connectivity index (χ2n) is 7.03. The van der Waals surface area contributed by atoms with Gasteiger partial charge in [0.15, 0.2) is 0 Å². The van der Waals surface area contributed by atoms with E-state index < -0.39 is 23.5 Å². The van der Waals surface area contributed by atoms with Gasteiger partial charge in [-0.25, -0.2) is 0 Å². The van der Waals surface area contributed by atoms with E-state index in [1.165, 1.54) is 7.11 Å². The monoisotopic (exact) mass is 387 g/mol. The second-order valence-corrected chi connectivity index (χ2v) is 7.03. The molecule has 1 aliphatic rings. The first-order chi connectivity index (χ1) is 14.1. The third-order valence-electron chi connectivity index (χ3n) is 5.41. The number of aliphatic carboxylic acids is 1. The van der Waals surface area contributed by atoms with Crippen LogP contribution in [0.2, 0.25) is 0 Å². The molecule has 0 bridgehead atoms. The summed E-state index contributed by atoms with van der Waals surface area (Å²) in [6.45, 7) is 0. The van der Waals surface area contributed by atoms with Gasteiger partial charge in [0.1, 0.15) is 6.04 Å². The van der Waals surface area contributed by atoms with Crippen molar-refractivity contribution in [3.63, 3.8) is 0 Å². The number of carbonyl (C=O) groups excluding carboxylic acids is 1. The first-order valence-corrected chi connectivity index (χ1v) is 9.40. The maximum absolute atomic E-state index is 12.5. The summed E-state index contributed by atoms with van der Waals surface area (Å²) in [7, 11) is 1.27. The fraction of sp³-hybridized carbons (Fsp3) is 0.167. The molecule has 29 heavy (non-hydrogen) atoms. The molecule has 5 nitrogen and oxygen atoms in total. The van der Waals surface area contributed by atoms with E-state index in [0.717, 1.165) is 27.8 Å². The number of benzene rings is 3. The highest BCUT2D eigenvalue weighted by molar-refractivity contribution is 5.86. The van der Waals surface area contributed by atoms with E-state index in [1.807, 2.05) is 78.9 Å². The lowest BCUT2D eigenvalue weighted by Crippen LogP contribution is -2.52. The fourth-order valence-corrected chi connectivity index (χ4v) is 4.24. The number of carbonyl (C=O) groups is 2. The third-order valence-corrected chi connectivity index (χ3v) is 5.41. The lowest BCUT2D eigenvalue weighted by atomic mass is 9.79. The summed E-state index contributed by atoms with van der Waals surface area (Å²) in [5.74, 6) is -1.68. The molecule has 0 aromatic heterocycles. The van der Waals surface area contributed by atoms with Gasteiger partial charge in [-0.2, -0.15) is 0 Å². The van der Waals surface area contributed by atoms with Gasteiger partial charge in [0.2, 0.25) is 0 Å². The Morgan fingerprint density at radius 1 is 0.897 bits per heavy atom. The SMILES string of the molecule is COC(=O)[C@H](CC(=O)O)NC1(c2ccccc2)c2ccccc2-c2ccccc21. The number of hydrogen-bond donors (Lipinski definition) is 2. The molecule has 2 N–H and O–H groups in total. The Kier molecular flexibility index (Phi) is 4.91.